The average molecular weight is 327 g/mol. The van der Waals surface area contributed by atoms with Crippen molar-refractivity contribution >= 4 is 27.5 Å². The largest absolute Gasteiger partial charge is 0.348 e. The number of aromatic nitrogens is 1. The van der Waals surface area contributed by atoms with E-state index >= 15 is 0 Å². The first-order chi connectivity index (χ1) is 11.2. The predicted molar refractivity (Wildman–Crippen MR) is 92.0 cm³/mol. The van der Waals surface area contributed by atoms with E-state index in [1.165, 1.54) is 37.4 Å². The molecular formula is C18H21N3OS. The first kappa shape index (κ1) is 13.9. The van der Waals surface area contributed by atoms with Gasteiger partial charge in [-0.2, -0.15) is 0 Å². The second kappa shape index (κ2) is 5.28. The van der Waals surface area contributed by atoms with E-state index in [9.17, 15) is 4.79 Å². The molecule has 4 nitrogen and oxygen atoms in total. The number of hydrogen-bond acceptors (Lipinski definition) is 4. The van der Waals surface area contributed by atoms with Gasteiger partial charge in [-0.3, -0.25) is 4.79 Å². The van der Waals surface area contributed by atoms with Gasteiger partial charge >= 0.3 is 0 Å². The van der Waals surface area contributed by atoms with Gasteiger partial charge in [-0.1, -0.05) is 0 Å². The van der Waals surface area contributed by atoms with Crippen LogP contribution >= 0.6 is 11.3 Å². The molecule has 0 spiro atoms. The topological polar surface area (TPSA) is 45.2 Å². The molecule has 3 fully saturated rings. The van der Waals surface area contributed by atoms with Crippen molar-refractivity contribution in [2.45, 2.75) is 37.6 Å². The Kier molecular flexibility index (Phi) is 3.20. The van der Waals surface area contributed by atoms with E-state index in [2.05, 4.69) is 10.2 Å². The lowest BCUT2D eigenvalue weighted by Crippen LogP contribution is -2.47. The van der Waals surface area contributed by atoms with Gasteiger partial charge in [0.25, 0.3) is 5.91 Å². The van der Waals surface area contributed by atoms with Crippen LogP contribution in [0.15, 0.2) is 18.2 Å². The maximum atomic E-state index is 12.6. The highest BCUT2D eigenvalue weighted by Crippen LogP contribution is 2.43. The lowest BCUT2D eigenvalue weighted by Gasteiger charge is -2.30. The molecule has 2 bridgehead atoms. The van der Waals surface area contributed by atoms with Crippen molar-refractivity contribution in [1.29, 1.82) is 0 Å². The van der Waals surface area contributed by atoms with Gasteiger partial charge in [0.05, 0.1) is 15.2 Å². The van der Waals surface area contributed by atoms with Crippen LogP contribution in [0.2, 0.25) is 0 Å². The van der Waals surface area contributed by atoms with Crippen LogP contribution in [-0.2, 0) is 0 Å². The van der Waals surface area contributed by atoms with Crippen LogP contribution in [0.5, 0.6) is 0 Å². The molecule has 1 aliphatic carbocycles. The molecule has 1 aromatic heterocycles. The van der Waals surface area contributed by atoms with Gasteiger partial charge in [0.1, 0.15) is 0 Å². The highest BCUT2D eigenvalue weighted by atomic mass is 32.1. The Hall–Kier alpha value is -1.46. The van der Waals surface area contributed by atoms with Crippen LogP contribution < -0.4 is 5.32 Å². The molecule has 1 saturated carbocycles. The lowest BCUT2D eigenvalue weighted by atomic mass is 9.96. The number of hydrogen-bond donors (Lipinski definition) is 1. The third kappa shape index (κ3) is 2.66. The smallest absolute Gasteiger partial charge is 0.251 e. The van der Waals surface area contributed by atoms with Gasteiger partial charge in [-0.05, 0) is 56.3 Å². The van der Waals surface area contributed by atoms with Crippen molar-refractivity contribution in [1.82, 2.24) is 15.2 Å². The third-order valence-corrected chi connectivity index (χ3v) is 6.58. The fourth-order valence-electron chi connectivity index (χ4n) is 4.02. The number of rotatable bonds is 3. The molecule has 3 aliphatic rings. The maximum absolute atomic E-state index is 12.6. The molecule has 1 unspecified atom stereocenters. The number of thiazole rings is 1. The Bertz CT molecular complexity index is 755. The Balaban J connectivity index is 1.33. The molecule has 3 heterocycles. The SMILES string of the molecule is O=C(N[C@@H]1C[C@H]2CCN(C2)C1)c1ccc2nc(C3CC3)sc2c1. The Morgan fingerprint density at radius 3 is 3.00 bits per heavy atom. The van der Waals surface area contributed by atoms with E-state index in [1.807, 2.05) is 18.2 Å². The summed E-state index contributed by atoms with van der Waals surface area (Å²) < 4.78 is 1.15. The van der Waals surface area contributed by atoms with Gasteiger partial charge in [-0.25, -0.2) is 4.98 Å². The molecule has 23 heavy (non-hydrogen) atoms. The van der Waals surface area contributed by atoms with E-state index in [0.717, 1.165) is 34.7 Å². The van der Waals surface area contributed by atoms with E-state index in [4.69, 9.17) is 4.98 Å². The van der Waals surface area contributed by atoms with Crippen molar-refractivity contribution in [2.24, 2.45) is 5.92 Å². The second-order valence-corrected chi connectivity index (χ2v) is 8.39. The van der Waals surface area contributed by atoms with Gasteiger partial charge in [-0.15, -0.1) is 11.3 Å². The van der Waals surface area contributed by atoms with Crippen LogP contribution in [0.1, 0.15) is 47.0 Å². The second-order valence-electron chi connectivity index (χ2n) is 7.33. The Morgan fingerprint density at radius 1 is 1.26 bits per heavy atom. The molecule has 120 valence electrons. The molecule has 1 amide bonds. The quantitative estimate of drug-likeness (QED) is 0.942. The Labute approximate surface area is 139 Å². The molecule has 1 N–H and O–H groups in total. The summed E-state index contributed by atoms with van der Waals surface area (Å²) in [6.45, 7) is 3.44. The first-order valence-electron chi connectivity index (χ1n) is 8.68. The number of carbonyl (C=O) groups excluding carboxylic acids is 1. The maximum Gasteiger partial charge on any atom is 0.251 e. The van der Waals surface area contributed by atoms with Crippen molar-refractivity contribution in [3.63, 3.8) is 0 Å². The Morgan fingerprint density at radius 2 is 2.17 bits per heavy atom. The van der Waals surface area contributed by atoms with Crippen molar-refractivity contribution < 1.29 is 4.79 Å². The zero-order chi connectivity index (χ0) is 15.4. The minimum Gasteiger partial charge on any atom is -0.348 e. The highest BCUT2D eigenvalue weighted by molar-refractivity contribution is 7.18. The monoisotopic (exact) mass is 327 g/mol. The number of fused-ring (bicyclic) bond motifs is 3. The van der Waals surface area contributed by atoms with E-state index in [-0.39, 0.29) is 5.91 Å². The third-order valence-electron chi connectivity index (χ3n) is 5.40. The number of benzene rings is 1. The number of piperidine rings is 1. The summed E-state index contributed by atoms with van der Waals surface area (Å²) >= 11 is 1.76. The van der Waals surface area contributed by atoms with Crippen LogP contribution in [0.3, 0.4) is 0 Å². The number of nitrogens with one attached hydrogen (secondary N) is 1. The summed E-state index contributed by atoms with van der Waals surface area (Å²) in [7, 11) is 0. The number of carbonyl (C=O) groups is 1. The number of nitrogens with zero attached hydrogens (tertiary/aromatic N) is 2. The summed E-state index contributed by atoms with van der Waals surface area (Å²) in [5.74, 6) is 1.52. The van der Waals surface area contributed by atoms with Gasteiger partial charge in [0.2, 0.25) is 0 Å². The van der Waals surface area contributed by atoms with E-state index < -0.39 is 0 Å². The first-order valence-corrected chi connectivity index (χ1v) is 9.50. The zero-order valence-electron chi connectivity index (χ0n) is 13.1. The molecule has 2 aliphatic heterocycles. The molecule has 3 atom stereocenters. The van der Waals surface area contributed by atoms with Crippen molar-refractivity contribution in [3.8, 4) is 0 Å². The predicted octanol–water partition coefficient (Wildman–Crippen LogP) is 3.00. The summed E-state index contributed by atoms with van der Waals surface area (Å²) in [4.78, 5) is 19.8. The molecule has 2 aromatic rings. The fraction of sp³-hybridized carbons (Fsp3) is 0.556. The van der Waals surface area contributed by atoms with Crippen LogP contribution in [0.4, 0.5) is 0 Å². The number of amides is 1. The van der Waals surface area contributed by atoms with Crippen LogP contribution in [-0.4, -0.2) is 41.5 Å². The molecule has 5 rings (SSSR count). The fourth-order valence-corrected chi connectivity index (χ4v) is 5.20. The van der Waals surface area contributed by atoms with Gasteiger partial charge in [0, 0.05) is 30.6 Å². The molecule has 5 heteroatoms. The molecule has 1 aromatic carbocycles. The van der Waals surface area contributed by atoms with E-state index in [0.29, 0.717) is 12.0 Å². The summed E-state index contributed by atoms with van der Waals surface area (Å²) in [5.41, 5.74) is 1.81. The van der Waals surface area contributed by atoms with Crippen LogP contribution in [0.25, 0.3) is 10.2 Å². The molecular weight excluding hydrogens is 306 g/mol. The molecule has 0 radical (unpaired) electrons. The highest BCUT2D eigenvalue weighted by Gasteiger charge is 2.33. The van der Waals surface area contributed by atoms with Crippen LogP contribution in [0, 0.1) is 5.92 Å². The lowest BCUT2D eigenvalue weighted by molar-refractivity contribution is 0.0909. The summed E-state index contributed by atoms with van der Waals surface area (Å²) in [6.07, 6.45) is 4.97. The average Bonchev–Trinajstić information content (AvgIpc) is 3.23. The van der Waals surface area contributed by atoms with E-state index in [1.54, 1.807) is 11.3 Å². The standard InChI is InChI=1S/C18H21N3OS/c22-17(19-14-7-11-5-6-21(9-11)10-14)13-3-4-15-16(8-13)23-18(20-15)12-1-2-12/h3-4,8,11-12,14H,1-2,5-7,9-10H2,(H,19,22)/t11-,14-/m1/s1. The summed E-state index contributed by atoms with van der Waals surface area (Å²) in [6, 6.07) is 6.25. The van der Waals surface area contributed by atoms with Gasteiger partial charge < -0.3 is 10.2 Å². The summed E-state index contributed by atoms with van der Waals surface area (Å²) in [5, 5.41) is 4.49. The van der Waals surface area contributed by atoms with Gasteiger partial charge in [0.15, 0.2) is 0 Å². The minimum atomic E-state index is 0.0702. The van der Waals surface area contributed by atoms with Crippen molar-refractivity contribution in [2.75, 3.05) is 19.6 Å². The normalized spacial score (nSPS) is 29.8. The van der Waals surface area contributed by atoms with Crippen molar-refractivity contribution in [3.05, 3.63) is 28.8 Å². The molecule has 2 saturated heterocycles. The zero-order valence-corrected chi connectivity index (χ0v) is 13.9. The minimum absolute atomic E-state index is 0.0702.